The average Bonchev–Trinajstić information content (AvgIpc) is 3.35. The van der Waals surface area contributed by atoms with Crippen molar-refractivity contribution in [3.63, 3.8) is 0 Å². The van der Waals surface area contributed by atoms with Gasteiger partial charge in [0.25, 0.3) is 5.56 Å². The zero-order valence-corrected chi connectivity index (χ0v) is 16.8. The van der Waals surface area contributed by atoms with Gasteiger partial charge in [-0.3, -0.25) is 9.59 Å². The molecule has 1 aromatic carbocycles. The lowest BCUT2D eigenvalue weighted by Crippen LogP contribution is -2.29. The minimum atomic E-state index is -0.414. The second kappa shape index (κ2) is 7.98. The average molecular weight is 427 g/mol. The Hall–Kier alpha value is -3.30. The van der Waals surface area contributed by atoms with Crippen LogP contribution in [0.15, 0.2) is 59.9 Å². The molecule has 0 aliphatic heterocycles. The first-order valence-electron chi connectivity index (χ1n) is 8.59. The SMILES string of the molecule is Cc1ccc(-c2ccc(=O)n(CC(=O)Nc3cc(Cl)ccc3-n3cncn3)n2)s1. The number of aromatic nitrogens is 5. The van der Waals surface area contributed by atoms with Crippen LogP contribution in [0.5, 0.6) is 0 Å². The van der Waals surface area contributed by atoms with Gasteiger partial charge in [0.2, 0.25) is 5.91 Å². The number of nitrogens with zero attached hydrogens (tertiary/aromatic N) is 5. The fourth-order valence-electron chi connectivity index (χ4n) is 2.73. The van der Waals surface area contributed by atoms with Crippen molar-refractivity contribution in [3.8, 4) is 16.3 Å². The molecule has 146 valence electrons. The molecule has 0 bridgehead atoms. The quantitative estimate of drug-likeness (QED) is 0.529. The third-order valence-corrected chi connectivity index (χ3v) is 5.31. The number of benzene rings is 1. The summed E-state index contributed by atoms with van der Waals surface area (Å²) in [6.07, 6.45) is 2.90. The fourth-order valence-corrected chi connectivity index (χ4v) is 3.74. The van der Waals surface area contributed by atoms with Crippen molar-refractivity contribution in [1.82, 2.24) is 24.5 Å². The molecule has 1 amide bonds. The van der Waals surface area contributed by atoms with Crippen LogP contribution in [0.4, 0.5) is 5.69 Å². The number of hydrogen-bond acceptors (Lipinski definition) is 6. The molecule has 10 heteroatoms. The van der Waals surface area contributed by atoms with Crippen molar-refractivity contribution >= 4 is 34.5 Å². The van der Waals surface area contributed by atoms with Crippen LogP contribution in [-0.4, -0.2) is 30.5 Å². The number of hydrogen-bond donors (Lipinski definition) is 1. The summed E-state index contributed by atoms with van der Waals surface area (Å²) in [6.45, 7) is 1.76. The van der Waals surface area contributed by atoms with Gasteiger partial charge >= 0.3 is 0 Å². The van der Waals surface area contributed by atoms with Gasteiger partial charge in [-0.25, -0.2) is 14.3 Å². The summed E-state index contributed by atoms with van der Waals surface area (Å²) < 4.78 is 2.65. The number of thiophene rings is 1. The Bertz CT molecular complexity index is 1230. The molecule has 0 saturated carbocycles. The Kier molecular flexibility index (Phi) is 5.24. The van der Waals surface area contributed by atoms with Crippen LogP contribution in [0.1, 0.15) is 4.88 Å². The standard InChI is InChI=1S/C19H15ClN6O2S/c1-12-2-6-17(29-12)14-4-7-19(28)25(24-14)9-18(27)23-15-8-13(20)3-5-16(15)26-11-21-10-22-26/h2-8,10-11H,9H2,1H3,(H,23,27). The molecule has 0 unspecified atom stereocenters. The van der Waals surface area contributed by atoms with Crippen LogP contribution in [0, 0.1) is 6.92 Å². The first kappa shape index (κ1) is 19.0. The number of halogens is 1. The van der Waals surface area contributed by atoms with Gasteiger partial charge in [0, 0.05) is 16.0 Å². The third kappa shape index (κ3) is 4.25. The molecule has 3 aromatic heterocycles. The van der Waals surface area contributed by atoms with Crippen molar-refractivity contribution in [2.45, 2.75) is 13.5 Å². The van der Waals surface area contributed by atoms with E-state index in [4.69, 9.17) is 11.6 Å². The number of amides is 1. The minimum Gasteiger partial charge on any atom is -0.323 e. The highest BCUT2D eigenvalue weighted by Gasteiger charge is 2.13. The monoisotopic (exact) mass is 426 g/mol. The van der Waals surface area contributed by atoms with Gasteiger partial charge < -0.3 is 5.32 Å². The number of rotatable bonds is 5. The van der Waals surface area contributed by atoms with E-state index >= 15 is 0 Å². The van der Waals surface area contributed by atoms with E-state index in [-0.39, 0.29) is 12.1 Å². The predicted octanol–water partition coefficient (Wildman–Crippen LogP) is 3.15. The Labute approximate surface area is 174 Å². The minimum absolute atomic E-state index is 0.236. The van der Waals surface area contributed by atoms with Gasteiger partial charge in [0.05, 0.1) is 16.3 Å². The molecule has 0 saturated heterocycles. The summed E-state index contributed by atoms with van der Waals surface area (Å²) >= 11 is 7.64. The maximum absolute atomic E-state index is 12.6. The molecule has 0 radical (unpaired) electrons. The van der Waals surface area contributed by atoms with E-state index in [0.29, 0.717) is 22.1 Å². The van der Waals surface area contributed by atoms with Crippen LogP contribution >= 0.6 is 22.9 Å². The lowest BCUT2D eigenvalue weighted by Gasteiger charge is -2.12. The van der Waals surface area contributed by atoms with E-state index in [1.165, 1.54) is 23.4 Å². The maximum Gasteiger partial charge on any atom is 0.267 e. The van der Waals surface area contributed by atoms with Gasteiger partial charge in [-0.1, -0.05) is 11.6 Å². The third-order valence-electron chi connectivity index (χ3n) is 4.05. The maximum atomic E-state index is 12.6. The van der Waals surface area contributed by atoms with Gasteiger partial charge in [0.15, 0.2) is 0 Å². The molecule has 0 aliphatic carbocycles. The first-order valence-corrected chi connectivity index (χ1v) is 9.78. The highest BCUT2D eigenvalue weighted by atomic mass is 35.5. The summed E-state index contributed by atoms with van der Waals surface area (Å²) in [7, 11) is 0. The second-order valence-corrected chi connectivity index (χ2v) is 7.90. The van der Waals surface area contributed by atoms with Crippen molar-refractivity contribution in [2.75, 3.05) is 5.32 Å². The molecule has 8 nitrogen and oxygen atoms in total. The van der Waals surface area contributed by atoms with Gasteiger partial charge in [-0.05, 0) is 43.3 Å². The topological polar surface area (TPSA) is 94.7 Å². The van der Waals surface area contributed by atoms with E-state index in [2.05, 4.69) is 20.5 Å². The number of carbonyl (C=O) groups excluding carboxylic acids is 1. The lowest BCUT2D eigenvalue weighted by molar-refractivity contribution is -0.117. The highest BCUT2D eigenvalue weighted by Crippen LogP contribution is 2.25. The molecular weight excluding hydrogens is 412 g/mol. The highest BCUT2D eigenvalue weighted by molar-refractivity contribution is 7.15. The molecule has 0 aliphatic rings. The molecule has 4 aromatic rings. The molecule has 1 N–H and O–H groups in total. The predicted molar refractivity (Wildman–Crippen MR) is 112 cm³/mol. The summed E-state index contributed by atoms with van der Waals surface area (Å²) in [5.41, 5.74) is 1.33. The number of anilines is 1. The summed E-state index contributed by atoms with van der Waals surface area (Å²) in [5.74, 6) is -0.414. The molecule has 29 heavy (non-hydrogen) atoms. The van der Waals surface area contributed by atoms with Crippen molar-refractivity contribution in [3.05, 3.63) is 75.4 Å². The second-order valence-electron chi connectivity index (χ2n) is 6.17. The summed E-state index contributed by atoms with van der Waals surface area (Å²) in [6, 6.07) is 12.0. The van der Waals surface area contributed by atoms with E-state index in [9.17, 15) is 9.59 Å². The zero-order valence-electron chi connectivity index (χ0n) is 15.2. The van der Waals surface area contributed by atoms with Gasteiger partial charge in [-0.2, -0.15) is 10.2 Å². The Balaban J connectivity index is 1.58. The molecule has 0 fully saturated rings. The van der Waals surface area contributed by atoms with Gasteiger partial charge in [0.1, 0.15) is 24.9 Å². The smallest absolute Gasteiger partial charge is 0.267 e. The largest absolute Gasteiger partial charge is 0.323 e. The molecule has 0 atom stereocenters. The Morgan fingerprint density at radius 1 is 1.21 bits per heavy atom. The Morgan fingerprint density at radius 3 is 2.79 bits per heavy atom. The van der Waals surface area contributed by atoms with Crippen LogP contribution in [-0.2, 0) is 11.3 Å². The van der Waals surface area contributed by atoms with Crippen molar-refractivity contribution in [2.24, 2.45) is 0 Å². The molecule has 0 spiro atoms. The number of nitrogens with one attached hydrogen (secondary N) is 1. The Morgan fingerprint density at radius 2 is 2.07 bits per heavy atom. The number of carbonyl (C=O) groups is 1. The van der Waals surface area contributed by atoms with E-state index in [1.807, 2.05) is 19.1 Å². The van der Waals surface area contributed by atoms with Crippen LogP contribution < -0.4 is 10.9 Å². The normalized spacial score (nSPS) is 10.8. The fraction of sp³-hybridized carbons (Fsp3) is 0.105. The van der Waals surface area contributed by atoms with Crippen molar-refractivity contribution in [1.29, 1.82) is 0 Å². The summed E-state index contributed by atoms with van der Waals surface area (Å²) in [5, 5.41) is 11.6. The first-order chi connectivity index (χ1) is 14.0. The molecule has 4 rings (SSSR count). The van der Waals surface area contributed by atoms with Gasteiger partial charge in [-0.15, -0.1) is 11.3 Å². The van der Waals surface area contributed by atoms with Crippen molar-refractivity contribution < 1.29 is 4.79 Å². The molecular formula is C19H15ClN6O2S. The lowest BCUT2D eigenvalue weighted by atomic mass is 10.2. The van der Waals surface area contributed by atoms with E-state index in [1.54, 1.807) is 35.6 Å². The summed E-state index contributed by atoms with van der Waals surface area (Å²) in [4.78, 5) is 30.8. The number of aryl methyl sites for hydroxylation is 1. The van der Waals surface area contributed by atoms with E-state index < -0.39 is 5.91 Å². The van der Waals surface area contributed by atoms with Crippen LogP contribution in [0.3, 0.4) is 0 Å². The van der Waals surface area contributed by atoms with Crippen LogP contribution in [0.25, 0.3) is 16.3 Å². The van der Waals surface area contributed by atoms with Crippen LogP contribution in [0.2, 0.25) is 5.02 Å². The zero-order chi connectivity index (χ0) is 20.4. The van der Waals surface area contributed by atoms with E-state index in [0.717, 1.165) is 14.4 Å². The molecule has 3 heterocycles.